The van der Waals surface area contributed by atoms with Crippen molar-refractivity contribution < 1.29 is 14.3 Å². The molecule has 5 nitrogen and oxygen atoms in total. The Labute approximate surface area is 158 Å². The van der Waals surface area contributed by atoms with Crippen molar-refractivity contribution in [3.8, 4) is 6.07 Å². The van der Waals surface area contributed by atoms with Gasteiger partial charge in [0.2, 0.25) is 0 Å². The molecule has 8 heteroatoms. The quantitative estimate of drug-likeness (QED) is 0.716. The number of halogens is 1. The van der Waals surface area contributed by atoms with Gasteiger partial charge in [0.15, 0.2) is 6.10 Å². The smallest absolute Gasteiger partial charge is 0.316 e. The lowest BCUT2D eigenvalue weighted by atomic mass is 10.2. The van der Waals surface area contributed by atoms with E-state index in [1.165, 1.54) is 30.0 Å². The molecule has 2 aromatic rings. The Kier molecular flexibility index (Phi) is 7.31. The molecule has 130 valence electrons. The van der Waals surface area contributed by atoms with Crippen LogP contribution in [0.15, 0.2) is 36.4 Å². The van der Waals surface area contributed by atoms with Gasteiger partial charge < -0.3 is 10.1 Å². The molecule has 0 saturated heterocycles. The molecule has 0 aliphatic rings. The number of carbonyl (C=O) groups is 2. The summed E-state index contributed by atoms with van der Waals surface area (Å²) < 4.78 is 5.84. The molecule has 1 aromatic heterocycles. The van der Waals surface area contributed by atoms with Gasteiger partial charge in [-0.25, -0.2) is 0 Å². The van der Waals surface area contributed by atoms with E-state index in [2.05, 4.69) is 5.32 Å². The summed E-state index contributed by atoms with van der Waals surface area (Å²) in [5, 5.41) is 11.5. The summed E-state index contributed by atoms with van der Waals surface area (Å²) in [6.07, 6.45) is -0.921. The highest BCUT2D eigenvalue weighted by molar-refractivity contribution is 7.99. The van der Waals surface area contributed by atoms with E-state index in [9.17, 15) is 9.59 Å². The number of rotatable bonds is 7. The maximum absolute atomic E-state index is 12.1. The van der Waals surface area contributed by atoms with E-state index in [0.717, 1.165) is 4.88 Å². The lowest BCUT2D eigenvalue weighted by molar-refractivity contribution is -0.150. The minimum Gasteiger partial charge on any atom is -0.452 e. The van der Waals surface area contributed by atoms with Crippen LogP contribution in [-0.2, 0) is 20.1 Å². The molecule has 0 aliphatic heterocycles. The van der Waals surface area contributed by atoms with Crippen LogP contribution in [-0.4, -0.2) is 23.7 Å². The van der Waals surface area contributed by atoms with Crippen molar-refractivity contribution in [1.29, 1.82) is 5.26 Å². The number of hydrogen-bond acceptors (Lipinski definition) is 6. The van der Waals surface area contributed by atoms with Gasteiger partial charge in [-0.3, -0.25) is 9.59 Å². The number of hydrogen-bond donors (Lipinski definition) is 1. The Morgan fingerprint density at radius 3 is 2.88 bits per heavy atom. The second-order valence-corrected chi connectivity index (χ2v) is 7.80. The molecule has 0 fully saturated rings. The van der Waals surface area contributed by atoms with Crippen molar-refractivity contribution in [2.24, 2.45) is 0 Å². The van der Waals surface area contributed by atoms with Crippen LogP contribution in [0.4, 0.5) is 5.69 Å². The lowest BCUT2D eigenvalue weighted by Crippen LogP contribution is -2.30. The molecule has 0 aliphatic carbocycles. The van der Waals surface area contributed by atoms with E-state index in [4.69, 9.17) is 21.6 Å². The maximum atomic E-state index is 12.1. The molecule has 0 spiro atoms. The van der Waals surface area contributed by atoms with Gasteiger partial charge in [-0.1, -0.05) is 17.7 Å². The lowest BCUT2D eigenvalue weighted by Gasteiger charge is -2.13. The molecule has 1 amide bonds. The number of anilines is 1. The molecule has 0 bridgehead atoms. The van der Waals surface area contributed by atoms with Gasteiger partial charge in [-0.15, -0.1) is 23.1 Å². The van der Waals surface area contributed by atoms with Crippen molar-refractivity contribution >= 4 is 52.3 Å². The van der Waals surface area contributed by atoms with Gasteiger partial charge in [0.1, 0.15) is 0 Å². The Morgan fingerprint density at radius 2 is 2.20 bits per heavy atom. The number of nitrogens with zero attached hydrogens (tertiary/aromatic N) is 1. The third kappa shape index (κ3) is 6.42. The predicted molar refractivity (Wildman–Crippen MR) is 101 cm³/mol. The van der Waals surface area contributed by atoms with Crippen LogP contribution in [0.3, 0.4) is 0 Å². The zero-order valence-electron chi connectivity index (χ0n) is 13.3. The molecular weight excluding hydrogens is 380 g/mol. The first-order valence-corrected chi connectivity index (χ1v) is 9.65. The Balaban J connectivity index is 1.75. The fourth-order valence-corrected chi connectivity index (χ4v) is 3.86. The number of nitriles is 1. The minimum absolute atomic E-state index is 0.150. The van der Waals surface area contributed by atoms with Crippen molar-refractivity contribution in [1.82, 2.24) is 0 Å². The van der Waals surface area contributed by atoms with Crippen LogP contribution < -0.4 is 5.32 Å². The van der Waals surface area contributed by atoms with Crippen LogP contribution >= 0.6 is 34.7 Å². The number of benzene rings is 1. The van der Waals surface area contributed by atoms with E-state index in [1.54, 1.807) is 24.3 Å². The number of thioether (sulfide) groups is 1. The summed E-state index contributed by atoms with van der Waals surface area (Å²) in [4.78, 5) is 24.9. The molecular formula is C17H15ClN2O3S2. The topological polar surface area (TPSA) is 79.2 Å². The second kappa shape index (κ2) is 9.47. The molecule has 1 atom stereocenters. The van der Waals surface area contributed by atoms with Crippen molar-refractivity contribution in [3.63, 3.8) is 0 Å². The van der Waals surface area contributed by atoms with Crippen molar-refractivity contribution in [2.45, 2.75) is 18.8 Å². The number of ether oxygens (including phenoxy) is 1. The molecule has 1 heterocycles. The van der Waals surface area contributed by atoms with Gasteiger partial charge in [0, 0.05) is 16.3 Å². The Morgan fingerprint density at radius 1 is 1.40 bits per heavy atom. The largest absolute Gasteiger partial charge is 0.452 e. The van der Waals surface area contributed by atoms with E-state index in [1.807, 2.05) is 18.2 Å². The van der Waals surface area contributed by atoms with Crippen LogP contribution in [0.2, 0.25) is 4.34 Å². The highest BCUT2D eigenvalue weighted by Crippen LogP contribution is 2.25. The van der Waals surface area contributed by atoms with Gasteiger partial charge in [0.25, 0.3) is 5.91 Å². The highest BCUT2D eigenvalue weighted by atomic mass is 35.5. The van der Waals surface area contributed by atoms with Crippen LogP contribution in [0.5, 0.6) is 0 Å². The average Bonchev–Trinajstić information content (AvgIpc) is 3.00. The highest BCUT2D eigenvalue weighted by Gasteiger charge is 2.18. The minimum atomic E-state index is -0.921. The van der Waals surface area contributed by atoms with Gasteiger partial charge in [-0.2, -0.15) is 5.26 Å². The van der Waals surface area contributed by atoms with Gasteiger partial charge in [-0.05, 0) is 37.3 Å². The molecule has 1 aromatic carbocycles. The normalized spacial score (nSPS) is 11.4. The second-order valence-electron chi connectivity index (χ2n) is 5.01. The molecule has 0 unspecified atom stereocenters. The van der Waals surface area contributed by atoms with E-state index >= 15 is 0 Å². The number of esters is 1. The molecule has 25 heavy (non-hydrogen) atoms. The zero-order valence-corrected chi connectivity index (χ0v) is 15.7. The predicted octanol–water partition coefficient (Wildman–Crippen LogP) is 4.08. The van der Waals surface area contributed by atoms with Crippen LogP contribution in [0, 0.1) is 11.3 Å². The number of amides is 1. The third-order valence-corrected chi connectivity index (χ3v) is 5.40. The fraction of sp³-hybridized carbons (Fsp3) is 0.235. The van der Waals surface area contributed by atoms with Crippen molar-refractivity contribution in [3.05, 3.63) is 51.2 Å². The summed E-state index contributed by atoms with van der Waals surface area (Å²) >= 11 is 8.71. The summed E-state index contributed by atoms with van der Waals surface area (Å²) in [6.45, 7) is 1.51. The van der Waals surface area contributed by atoms with Crippen LogP contribution in [0.1, 0.15) is 17.4 Å². The summed E-state index contributed by atoms with van der Waals surface area (Å²) in [6, 6.07) is 12.2. The standard InChI is InChI=1S/C17H15ClN2O3S2/c1-11(17(22)20-13-4-2-3-12(7-13)8-19)23-16(21)10-24-9-14-5-6-15(18)25-14/h2-7,11H,9-10H2,1H3,(H,20,22)/t11-/m1/s1. The Bertz CT molecular complexity index is 801. The number of carbonyl (C=O) groups excluding carboxylic acids is 2. The monoisotopic (exact) mass is 394 g/mol. The first-order chi connectivity index (χ1) is 12.0. The van der Waals surface area contributed by atoms with Gasteiger partial charge >= 0.3 is 5.97 Å². The van der Waals surface area contributed by atoms with Gasteiger partial charge in [0.05, 0.1) is 21.7 Å². The summed E-state index contributed by atoms with van der Waals surface area (Å²) in [5.41, 5.74) is 0.920. The molecule has 2 rings (SSSR count). The molecule has 0 radical (unpaired) electrons. The third-order valence-electron chi connectivity index (χ3n) is 3.03. The maximum Gasteiger partial charge on any atom is 0.316 e. The molecule has 1 N–H and O–H groups in total. The first-order valence-electron chi connectivity index (χ1n) is 7.30. The van der Waals surface area contributed by atoms with E-state index in [-0.39, 0.29) is 5.75 Å². The first kappa shape index (κ1) is 19.3. The average molecular weight is 395 g/mol. The van der Waals surface area contributed by atoms with E-state index < -0.39 is 18.0 Å². The summed E-state index contributed by atoms with van der Waals surface area (Å²) in [7, 11) is 0. The zero-order chi connectivity index (χ0) is 18.2. The van der Waals surface area contributed by atoms with Crippen molar-refractivity contribution in [2.75, 3.05) is 11.1 Å². The Hall–Kier alpha value is -2.01. The number of nitrogens with one attached hydrogen (secondary N) is 1. The van der Waals surface area contributed by atoms with Crippen LogP contribution in [0.25, 0.3) is 0 Å². The fourth-order valence-electron chi connectivity index (χ4n) is 1.86. The SMILES string of the molecule is C[C@@H](OC(=O)CSCc1ccc(Cl)s1)C(=O)Nc1cccc(C#N)c1. The summed E-state index contributed by atoms with van der Waals surface area (Å²) in [5.74, 6) is -0.0926. The number of thiophene rings is 1. The molecule has 0 saturated carbocycles. The van der Waals surface area contributed by atoms with E-state index in [0.29, 0.717) is 21.3 Å².